The number of rotatable bonds is 6. The highest BCUT2D eigenvalue weighted by Gasteiger charge is 2.20. The maximum absolute atomic E-state index is 12.0. The summed E-state index contributed by atoms with van der Waals surface area (Å²) in [5.74, 6) is 0. The summed E-state index contributed by atoms with van der Waals surface area (Å²) in [6.45, 7) is 0.117. The van der Waals surface area contributed by atoms with E-state index in [0.717, 1.165) is 4.88 Å². The van der Waals surface area contributed by atoms with Gasteiger partial charge in [-0.3, -0.25) is 0 Å². The number of hydrogen-bond donors (Lipinski definition) is 1. The summed E-state index contributed by atoms with van der Waals surface area (Å²) in [5.41, 5.74) is 0. The number of methoxy groups -OCH3 is 1. The molecule has 9 heteroatoms. The third-order valence-electron chi connectivity index (χ3n) is 2.61. The lowest BCUT2D eigenvalue weighted by Crippen LogP contribution is -2.29. The van der Waals surface area contributed by atoms with Crippen molar-refractivity contribution < 1.29 is 13.2 Å². The van der Waals surface area contributed by atoms with E-state index in [1.54, 1.807) is 17.7 Å². The first-order valence-electron chi connectivity index (χ1n) is 5.68. The van der Waals surface area contributed by atoms with E-state index in [4.69, 9.17) is 16.3 Å². The number of imidazole rings is 1. The van der Waals surface area contributed by atoms with Crippen molar-refractivity contribution in [3.05, 3.63) is 33.9 Å². The topological polar surface area (TPSA) is 73.2 Å². The van der Waals surface area contributed by atoms with E-state index in [-0.39, 0.29) is 17.7 Å². The van der Waals surface area contributed by atoms with Crippen LogP contribution in [0, 0.1) is 0 Å². The molecule has 110 valence electrons. The van der Waals surface area contributed by atoms with E-state index in [1.165, 1.54) is 31.0 Å². The molecule has 1 atom stereocenters. The number of aromatic nitrogens is 2. The summed E-state index contributed by atoms with van der Waals surface area (Å²) in [5, 5.41) is -0.0148. The summed E-state index contributed by atoms with van der Waals surface area (Å²) in [4.78, 5) is 4.68. The van der Waals surface area contributed by atoms with Gasteiger partial charge in [0.2, 0.25) is 0 Å². The molecule has 2 aromatic heterocycles. The molecule has 0 fully saturated rings. The molecule has 2 heterocycles. The van der Waals surface area contributed by atoms with Gasteiger partial charge in [0.15, 0.2) is 5.03 Å². The first kappa shape index (κ1) is 15.5. The van der Waals surface area contributed by atoms with Gasteiger partial charge in [-0.15, -0.1) is 11.3 Å². The Bertz CT molecular complexity index is 681. The molecule has 0 aromatic carbocycles. The van der Waals surface area contributed by atoms with Crippen LogP contribution in [0.1, 0.15) is 11.0 Å². The highest BCUT2D eigenvalue weighted by atomic mass is 35.5. The van der Waals surface area contributed by atoms with Gasteiger partial charge in [0.05, 0.1) is 10.7 Å². The minimum absolute atomic E-state index is 0.0148. The lowest BCUT2D eigenvalue weighted by atomic mass is 10.3. The predicted octanol–water partition coefficient (Wildman–Crippen LogP) is 1.80. The Balaban J connectivity index is 2.06. The number of thiophene rings is 1. The van der Waals surface area contributed by atoms with Crippen LogP contribution in [0.25, 0.3) is 0 Å². The third-order valence-corrected chi connectivity index (χ3v) is 5.24. The van der Waals surface area contributed by atoms with Gasteiger partial charge in [-0.05, 0) is 12.1 Å². The number of nitrogens with zero attached hydrogens (tertiary/aromatic N) is 2. The highest BCUT2D eigenvalue weighted by Crippen LogP contribution is 2.28. The highest BCUT2D eigenvalue weighted by molar-refractivity contribution is 7.89. The van der Waals surface area contributed by atoms with Crippen LogP contribution in [0.3, 0.4) is 0 Å². The summed E-state index contributed by atoms with van der Waals surface area (Å²) < 4.78 is 34.0. The maximum Gasteiger partial charge on any atom is 0.259 e. The molecule has 1 N–H and O–H groups in total. The SMILES string of the molecule is COC(CNS(=O)(=O)c1cn(C)cn1)c1ccc(Cl)s1. The Labute approximate surface area is 126 Å². The van der Waals surface area contributed by atoms with Crippen LogP contribution in [0.5, 0.6) is 0 Å². The molecular formula is C11H14ClN3O3S2. The van der Waals surface area contributed by atoms with E-state index in [2.05, 4.69) is 9.71 Å². The smallest absolute Gasteiger partial charge is 0.259 e. The number of aryl methyl sites for hydroxylation is 1. The van der Waals surface area contributed by atoms with E-state index < -0.39 is 10.0 Å². The Kier molecular flexibility index (Phi) is 4.82. The van der Waals surface area contributed by atoms with Crippen LogP contribution in [0.15, 0.2) is 29.7 Å². The maximum atomic E-state index is 12.0. The molecule has 0 spiro atoms. The van der Waals surface area contributed by atoms with Crippen molar-refractivity contribution in [1.29, 1.82) is 0 Å². The van der Waals surface area contributed by atoms with Crippen molar-refractivity contribution in [2.75, 3.05) is 13.7 Å². The average Bonchev–Trinajstić information content (AvgIpc) is 2.99. The first-order valence-corrected chi connectivity index (χ1v) is 8.36. The van der Waals surface area contributed by atoms with Gasteiger partial charge < -0.3 is 9.30 Å². The van der Waals surface area contributed by atoms with Crippen molar-refractivity contribution in [2.45, 2.75) is 11.1 Å². The zero-order valence-electron chi connectivity index (χ0n) is 10.9. The molecule has 20 heavy (non-hydrogen) atoms. The Morgan fingerprint density at radius 1 is 1.55 bits per heavy atom. The van der Waals surface area contributed by atoms with Gasteiger partial charge in [-0.1, -0.05) is 11.6 Å². The van der Waals surface area contributed by atoms with Gasteiger partial charge in [0.1, 0.15) is 6.10 Å². The summed E-state index contributed by atoms with van der Waals surface area (Å²) in [7, 11) is -0.409. The van der Waals surface area contributed by atoms with Crippen molar-refractivity contribution in [1.82, 2.24) is 14.3 Å². The molecule has 0 saturated carbocycles. The number of ether oxygens (including phenoxy) is 1. The molecule has 0 aliphatic rings. The van der Waals surface area contributed by atoms with Crippen molar-refractivity contribution in [2.24, 2.45) is 7.05 Å². The molecule has 0 amide bonds. The number of sulfonamides is 1. The van der Waals surface area contributed by atoms with Crippen LogP contribution < -0.4 is 4.72 Å². The average molecular weight is 336 g/mol. The van der Waals surface area contributed by atoms with Crippen LogP contribution in [0.4, 0.5) is 0 Å². The molecule has 0 aliphatic carbocycles. The largest absolute Gasteiger partial charge is 0.375 e. The van der Waals surface area contributed by atoms with Crippen molar-refractivity contribution in [3.8, 4) is 0 Å². The van der Waals surface area contributed by atoms with Gasteiger partial charge in [0.25, 0.3) is 10.0 Å². The van der Waals surface area contributed by atoms with Crippen LogP contribution in [0.2, 0.25) is 4.34 Å². The Morgan fingerprint density at radius 2 is 2.30 bits per heavy atom. The van der Waals surface area contributed by atoms with Gasteiger partial charge in [-0.2, -0.15) is 0 Å². The van der Waals surface area contributed by atoms with Crippen molar-refractivity contribution in [3.63, 3.8) is 0 Å². The van der Waals surface area contributed by atoms with E-state index in [0.29, 0.717) is 4.34 Å². The van der Waals surface area contributed by atoms with Crippen molar-refractivity contribution >= 4 is 33.0 Å². The lowest BCUT2D eigenvalue weighted by Gasteiger charge is -2.14. The number of nitrogens with one attached hydrogen (secondary N) is 1. The summed E-state index contributed by atoms with van der Waals surface area (Å²) in [6.07, 6.45) is 2.49. The lowest BCUT2D eigenvalue weighted by molar-refractivity contribution is 0.110. The second-order valence-electron chi connectivity index (χ2n) is 4.10. The first-order chi connectivity index (χ1) is 9.42. The standard InChI is InChI=1S/C11H14ClN3O3S2/c1-15-6-11(13-7-15)20(16,17)14-5-8(18-2)9-3-4-10(12)19-9/h3-4,6-8,14H,5H2,1-2H3. The minimum Gasteiger partial charge on any atom is -0.375 e. The summed E-state index contributed by atoms with van der Waals surface area (Å²) >= 11 is 7.22. The fraction of sp³-hybridized carbons (Fsp3) is 0.364. The second-order valence-corrected chi connectivity index (χ2v) is 7.56. The van der Waals surface area contributed by atoms with Gasteiger partial charge in [0, 0.05) is 31.8 Å². The molecule has 0 aliphatic heterocycles. The molecule has 0 radical (unpaired) electrons. The molecule has 0 saturated heterocycles. The fourth-order valence-corrected chi connectivity index (χ4v) is 3.74. The Hall–Kier alpha value is -0.930. The quantitative estimate of drug-likeness (QED) is 0.873. The number of hydrogen-bond acceptors (Lipinski definition) is 5. The zero-order valence-corrected chi connectivity index (χ0v) is 13.3. The molecule has 6 nitrogen and oxygen atoms in total. The fourth-order valence-electron chi connectivity index (χ4n) is 1.59. The molecule has 2 rings (SSSR count). The minimum atomic E-state index is -3.64. The van der Waals surface area contributed by atoms with E-state index >= 15 is 0 Å². The molecule has 1 unspecified atom stereocenters. The van der Waals surface area contributed by atoms with E-state index in [1.807, 2.05) is 6.07 Å². The second kappa shape index (κ2) is 6.23. The van der Waals surface area contributed by atoms with Crippen LogP contribution in [-0.2, 0) is 21.8 Å². The number of halogens is 1. The summed E-state index contributed by atoms with van der Waals surface area (Å²) in [6, 6.07) is 3.57. The van der Waals surface area contributed by atoms with Crippen LogP contribution >= 0.6 is 22.9 Å². The molecule has 2 aromatic rings. The monoisotopic (exact) mass is 335 g/mol. The van der Waals surface area contributed by atoms with Gasteiger partial charge in [-0.25, -0.2) is 18.1 Å². The Morgan fingerprint density at radius 3 is 2.80 bits per heavy atom. The normalized spacial score (nSPS) is 13.6. The molecular weight excluding hydrogens is 322 g/mol. The van der Waals surface area contributed by atoms with Crippen LogP contribution in [-0.4, -0.2) is 31.6 Å². The molecule has 0 bridgehead atoms. The predicted molar refractivity (Wildman–Crippen MR) is 77.5 cm³/mol. The van der Waals surface area contributed by atoms with E-state index in [9.17, 15) is 8.42 Å². The third kappa shape index (κ3) is 3.58. The van der Waals surface area contributed by atoms with Gasteiger partial charge >= 0.3 is 0 Å². The zero-order chi connectivity index (χ0) is 14.8.